The maximum Gasteiger partial charge on any atom is 0.0459 e. The molecule has 2 heterocycles. The first-order valence-corrected chi connectivity index (χ1v) is 4.91. The number of pyridine rings is 1. The highest BCUT2D eigenvalue weighted by Gasteiger charge is 2.06. The van der Waals surface area contributed by atoms with Crippen molar-refractivity contribution in [2.45, 2.75) is 6.92 Å². The molecular weight excluding hydrogens is 180 g/mol. The fourth-order valence-electron chi connectivity index (χ4n) is 1.21. The molecule has 0 saturated heterocycles. The van der Waals surface area contributed by atoms with Crippen LogP contribution in [0.25, 0.3) is 10.4 Å². The predicted octanol–water partition coefficient (Wildman–Crippen LogP) is 2.70. The molecule has 0 fully saturated rings. The van der Waals surface area contributed by atoms with Gasteiger partial charge in [-0.1, -0.05) is 6.07 Å². The minimum absolute atomic E-state index is 0.865. The molecule has 0 aromatic carbocycles. The average Bonchev–Trinajstić information content (AvgIpc) is 2.49. The maximum absolute atomic E-state index is 5.77. The Balaban J connectivity index is 2.53. The van der Waals surface area contributed by atoms with Crippen molar-refractivity contribution < 1.29 is 0 Å². The molecule has 0 spiro atoms. The molecule has 0 aliphatic carbocycles. The van der Waals surface area contributed by atoms with Gasteiger partial charge in [0.2, 0.25) is 0 Å². The third kappa shape index (κ3) is 1.42. The molecule has 2 aromatic rings. The van der Waals surface area contributed by atoms with Gasteiger partial charge in [0.1, 0.15) is 0 Å². The molecule has 0 bridgehead atoms. The van der Waals surface area contributed by atoms with Crippen molar-refractivity contribution in [2.75, 3.05) is 5.73 Å². The molecule has 0 saturated carbocycles. The third-order valence-corrected chi connectivity index (χ3v) is 3.15. The predicted molar refractivity (Wildman–Crippen MR) is 56.7 cm³/mol. The molecule has 0 radical (unpaired) electrons. The zero-order chi connectivity index (χ0) is 9.26. The van der Waals surface area contributed by atoms with Crippen molar-refractivity contribution in [3.8, 4) is 10.4 Å². The molecule has 0 atom stereocenters. The van der Waals surface area contributed by atoms with Crippen molar-refractivity contribution in [1.29, 1.82) is 0 Å². The van der Waals surface area contributed by atoms with Gasteiger partial charge in [-0.15, -0.1) is 11.3 Å². The first-order chi connectivity index (χ1) is 6.29. The number of nitrogen functional groups attached to an aromatic ring is 1. The fraction of sp³-hybridized carbons (Fsp3) is 0.100. The summed E-state index contributed by atoms with van der Waals surface area (Å²) in [5, 5.41) is 1.97. The summed E-state index contributed by atoms with van der Waals surface area (Å²) in [6.07, 6.45) is 3.63. The number of aromatic nitrogens is 1. The van der Waals surface area contributed by atoms with E-state index < -0.39 is 0 Å². The summed E-state index contributed by atoms with van der Waals surface area (Å²) in [5.41, 5.74) is 8.92. The summed E-state index contributed by atoms with van der Waals surface area (Å²) in [4.78, 5) is 5.29. The molecule has 0 aliphatic rings. The van der Waals surface area contributed by atoms with E-state index in [2.05, 4.69) is 4.98 Å². The van der Waals surface area contributed by atoms with Crippen molar-refractivity contribution in [1.82, 2.24) is 4.98 Å². The lowest BCUT2D eigenvalue weighted by Gasteiger charge is -1.98. The molecular formula is C10H10N2S. The highest BCUT2D eigenvalue weighted by Crippen LogP contribution is 2.32. The van der Waals surface area contributed by atoms with Crippen LogP contribution in [0.15, 0.2) is 29.9 Å². The largest absolute Gasteiger partial charge is 0.398 e. The Bertz CT molecular complexity index is 406. The van der Waals surface area contributed by atoms with Gasteiger partial charge in [-0.25, -0.2) is 0 Å². The van der Waals surface area contributed by atoms with E-state index in [1.54, 1.807) is 17.5 Å². The Hall–Kier alpha value is -1.35. The van der Waals surface area contributed by atoms with Crippen LogP contribution in [0.2, 0.25) is 0 Å². The first kappa shape index (κ1) is 8.26. The summed E-state index contributed by atoms with van der Waals surface area (Å²) in [5.74, 6) is 0. The van der Waals surface area contributed by atoms with Gasteiger partial charge in [-0.3, -0.25) is 4.98 Å². The van der Waals surface area contributed by atoms with Crippen molar-refractivity contribution in [3.05, 3.63) is 35.5 Å². The van der Waals surface area contributed by atoms with E-state index >= 15 is 0 Å². The second-order valence-electron chi connectivity index (χ2n) is 2.89. The highest BCUT2D eigenvalue weighted by molar-refractivity contribution is 7.14. The maximum atomic E-state index is 5.77. The zero-order valence-corrected chi connectivity index (χ0v) is 8.14. The number of hydrogen-bond acceptors (Lipinski definition) is 3. The van der Waals surface area contributed by atoms with Gasteiger partial charge < -0.3 is 5.73 Å². The van der Waals surface area contributed by atoms with Gasteiger partial charge in [0, 0.05) is 33.9 Å². The second-order valence-corrected chi connectivity index (χ2v) is 3.77. The molecule has 0 aliphatic heterocycles. The zero-order valence-electron chi connectivity index (χ0n) is 7.32. The van der Waals surface area contributed by atoms with Gasteiger partial charge in [-0.05, 0) is 18.6 Å². The first-order valence-electron chi connectivity index (χ1n) is 4.03. The van der Waals surface area contributed by atoms with Crippen LogP contribution in [0, 0.1) is 6.92 Å². The minimum Gasteiger partial charge on any atom is -0.398 e. The number of thiophene rings is 1. The molecule has 2 rings (SSSR count). The standard InChI is InChI=1S/C10H10N2S/c1-7-9(11)6-13-10(7)8-3-2-4-12-5-8/h2-6H,11H2,1H3. The van der Waals surface area contributed by atoms with Gasteiger partial charge in [-0.2, -0.15) is 0 Å². The molecule has 0 unspecified atom stereocenters. The number of hydrogen-bond donors (Lipinski definition) is 1. The molecule has 0 amide bonds. The van der Waals surface area contributed by atoms with E-state index in [1.807, 2.05) is 30.6 Å². The molecule has 66 valence electrons. The topological polar surface area (TPSA) is 38.9 Å². The Labute approximate surface area is 81.1 Å². The highest BCUT2D eigenvalue weighted by atomic mass is 32.1. The van der Waals surface area contributed by atoms with Crippen LogP contribution in [-0.2, 0) is 0 Å². The Morgan fingerprint density at radius 3 is 2.85 bits per heavy atom. The van der Waals surface area contributed by atoms with Gasteiger partial charge in [0.25, 0.3) is 0 Å². The normalized spacial score (nSPS) is 10.2. The number of rotatable bonds is 1. The van der Waals surface area contributed by atoms with Crippen LogP contribution in [0.1, 0.15) is 5.56 Å². The monoisotopic (exact) mass is 190 g/mol. The van der Waals surface area contributed by atoms with Gasteiger partial charge in [0.15, 0.2) is 0 Å². The van der Waals surface area contributed by atoms with Gasteiger partial charge >= 0.3 is 0 Å². The molecule has 2 aromatic heterocycles. The number of anilines is 1. The minimum atomic E-state index is 0.865. The van der Waals surface area contributed by atoms with Crippen molar-refractivity contribution in [3.63, 3.8) is 0 Å². The lowest BCUT2D eigenvalue weighted by Crippen LogP contribution is -1.84. The van der Waals surface area contributed by atoms with Crippen LogP contribution in [-0.4, -0.2) is 4.98 Å². The summed E-state index contributed by atoms with van der Waals surface area (Å²) >= 11 is 1.66. The summed E-state index contributed by atoms with van der Waals surface area (Å²) < 4.78 is 0. The van der Waals surface area contributed by atoms with Gasteiger partial charge in [0.05, 0.1) is 0 Å². The Morgan fingerprint density at radius 1 is 1.46 bits per heavy atom. The second kappa shape index (κ2) is 3.18. The van der Waals surface area contributed by atoms with E-state index in [-0.39, 0.29) is 0 Å². The van der Waals surface area contributed by atoms with Crippen LogP contribution in [0.3, 0.4) is 0 Å². The lowest BCUT2D eigenvalue weighted by atomic mass is 10.1. The quantitative estimate of drug-likeness (QED) is 0.751. The van der Waals surface area contributed by atoms with E-state index in [9.17, 15) is 0 Å². The Morgan fingerprint density at radius 2 is 2.31 bits per heavy atom. The number of nitrogens with two attached hydrogens (primary N) is 1. The van der Waals surface area contributed by atoms with E-state index in [1.165, 1.54) is 4.88 Å². The average molecular weight is 190 g/mol. The summed E-state index contributed by atoms with van der Waals surface area (Å²) in [6, 6.07) is 3.98. The fourth-order valence-corrected chi connectivity index (χ4v) is 2.18. The van der Waals surface area contributed by atoms with Crippen LogP contribution < -0.4 is 5.73 Å². The number of nitrogens with zero attached hydrogens (tertiary/aromatic N) is 1. The third-order valence-electron chi connectivity index (χ3n) is 2.00. The van der Waals surface area contributed by atoms with E-state index in [0.717, 1.165) is 16.8 Å². The molecule has 2 nitrogen and oxygen atoms in total. The summed E-state index contributed by atoms with van der Waals surface area (Å²) in [6.45, 7) is 2.04. The van der Waals surface area contributed by atoms with Crippen LogP contribution in [0.4, 0.5) is 5.69 Å². The van der Waals surface area contributed by atoms with Crippen molar-refractivity contribution in [2.24, 2.45) is 0 Å². The Kier molecular flexibility index (Phi) is 2.02. The SMILES string of the molecule is Cc1c(N)csc1-c1cccnc1. The van der Waals surface area contributed by atoms with Crippen molar-refractivity contribution >= 4 is 17.0 Å². The summed E-state index contributed by atoms with van der Waals surface area (Å²) in [7, 11) is 0. The lowest BCUT2D eigenvalue weighted by molar-refractivity contribution is 1.33. The van der Waals surface area contributed by atoms with E-state index in [0.29, 0.717) is 0 Å². The van der Waals surface area contributed by atoms with Crippen LogP contribution >= 0.6 is 11.3 Å². The van der Waals surface area contributed by atoms with E-state index in [4.69, 9.17) is 5.73 Å². The molecule has 13 heavy (non-hydrogen) atoms. The van der Waals surface area contributed by atoms with Crippen LogP contribution in [0.5, 0.6) is 0 Å². The molecule has 2 N–H and O–H groups in total. The molecule has 3 heteroatoms. The smallest absolute Gasteiger partial charge is 0.0459 e.